The molecule has 24 heavy (non-hydrogen) atoms. The van der Waals surface area contributed by atoms with E-state index in [0.29, 0.717) is 35.4 Å². The topological polar surface area (TPSA) is 72.5 Å². The third-order valence-corrected chi connectivity index (χ3v) is 3.97. The molecule has 0 saturated carbocycles. The van der Waals surface area contributed by atoms with Gasteiger partial charge in [-0.25, -0.2) is 0 Å². The highest BCUT2D eigenvalue weighted by molar-refractivity contribution is 6.32. The molecule has 1 aliphatic heterocycles. The van der Waals surface area contributed by atoms with Crippen LogP contribution in [-0.4, -0.2) is 36.2 Å². The Bertz CT molecular complexity index is 711. The minimum absolute atomic E-state index is 0.152. The van der Waals surface area contributed by atoms with Gasteiger partial charge in [-0.3, -0.25) is 9.78 Å². The summed E-state index contributed by atoms with van der Waals surface area (Å²) < 4.78 is 11.2. The zero-order valence-electron chi connectivity index (χ0n) is 13.2. The first-order chi connectivity index (χ1) is 11.6. The Kier molecular flexibility index (Phi) is 5.30. The summed E-state index contributed by atoms with van der Waals surface area (Å²) in [6, 6.07) is 8.21. The molecular formula is C17H18ClN3O3. The first-order valence-electron chi connectivity index (χ1n) is 7.67. The van der Waals surface area contributed by atoms with Crippen LogP contribution in [0.15, 0.2) is 42.7 Å². The number of nitrogens with zero attached hydrogens (tertiary/aromatic N) is 1. The van der Waals surface area contributed by atoms with Crippen molar-refractivity contribution in [1.82, 2.24) is 10.3 Å². The van der Waals surface area contributed by atoms with Gasteiger partial charge in [0.15, 0.2) is 0 Å². The van der Waals surface area contributed by atoms with Crippen LogP contribution in [0.2, 0.25) is 5.02 Å². The van der Waals surface area contributed by atoms with Crippen LogP contribution in [-0.2, 0) is 9.53 Å². The number of carbonyl (C=O) groups excluding carboxylic acids is 1. The molecule has 0 bridgehead atoms. The molecule has 0 unspecified atom stereocenters. The molecule has 2 atom stereocenters. The molecule has 0 spiro atoms. The number of anilines is 1. The van der Waals surface area contributed by atoms with E-state index in [0.717, 1.165) is 0 Å². The molecule has 2 aromatic rings. The third-order valence-electron chi connectivity index (χ3n) is 3.68. The van der Waals surface area contributed by atoms with E-state index < -0.39 is 0 Å². The molecule has 1 fully saturated rings. The van der Waals surface area contributed by atoms with E-state index in [1.807, 2.05) is 6.92 Å². The molecule has 1 amide bonds. The first-order valence-corrected chi connectivity index (χ1v) is 8.04. The van der Waals surface area contributed by atoms with Crippen LogP contribution in [0.3, 0.4) is 0 Å². The number of aromatic nitrogens is 1. The van der Waals surface area contributed by atoms with Crippen LogP contribution in [0, 0.1) is 0 Å². The smallest absolute Gasteiger partial charge is 0.244 e. The van der Waals surface area contributed by atoms with Crippen LogP contribution in [0.4, 0.5) is 5.69 Å². The van der Waals surface area contributed by atoms with Crippen LogP contribution in [0.5, 0.6) is 11.5 Å². The largest absolute Gasteiger partial charge is 0.456 e. The summed E-state index contributed by atoms with van der Waals surface area (Å²) in [6.45, 7) is 3.13. The predicted molar refractivity (Wildman–Crippen MR) is 91.6 cm³/mol. The van der Waals surface area contributed by atoms with Crippen molar-refractivity contribution < 1.29 is 14.3 Å². The van der Waals surface area contributed by atoms with E-state index >= 15 is 0 Å². The first kappa shape index (κ1) is 16.7. The van der Waals surface area contributed by atoms with E-state index in [9.17, 15) is 4.79 Å². The fourth-order valence-corrected chi connectivity index (χ4v) is 2.66. The van der Waals surface area contributed by atoms with Gasteiger partial charge < -0.3 is 20.1 Å². The van der Waals surface area contributed by atoms with E-state index in [4.69, 9.17) is 21.1 Å². The number of nitrogens with one attached hydrogen (secondary N) is 2. The summed E-state index contributed by atoms with van der Waals surface area (Å²) in [5, 5.41) is 6.40. The maximum absolute atomic E-state index is 12.3. The van der Waals surface area contributed by atoms with Gasteiger partial charge in [0.2, 0.25) is 5.91 Å². The zero-order chi connectivity index (χ0) is 16.9. The number of halogens is 1. The normalized spacial score (nSPS) is 20.4. The molecule has 0 aliphatic carbocycles. The number of rotatable bonds is 4. The number of ether oxygens (including phenoxy) is 2. The van der Waals surface area contributed by atoms with Crippen molar-refractivity contribution in [1.29, 1.82) is 0 Å². The van der Waals surface area contributed by atoms with Gasteiger partial charge in [-0.2, -0.15) is 0 Å². The van der Waals surface area contributed by atoms with E-state index in [1.54, 1.807) is 42.7 Å². The maximum atomic E-state index is 12.3. The number of morpholine rings is 1. The lowest BCUT2D eigenvalue weighted by atomic mass is 10.1. The Labute approximate surface area is 145 Å². The average molecular weight is 348 g/mol. The molecule has 7 heteroatoms. The van der Waals surface area contributed by atoms with Gasteiger partial charge in [0.25, 0.3) is 0 Å². The number of hydrogen-bond donors (Lipinski definition) is 2. The molecule has 6 nitrogen and oxygen atoms in total. The van der Waals surface area contributed by atoms with Gasteiger partial charge >= 0.3 is 0 Å². The highest BCUT2D eigenvalue weighted by Gasteiger charge is 2.28. The minimum atomic E-state index is -0.384. The quantitative estimate of drug-likeness (QED) is 0.889. The molecule has 1 aromatic carbocycles. The van der Waals surface area contributed by atoms with Gasteiger partial charge in [0, 0.05) is 24.6 Å². The van der Waals surface area contributed by atoms with E-state index in [-0.39, 0.29) is 18.1 Å². The lowest BCUT2D eigenvalue weighted by Gasteiger charge is -2.29. The van der Waals surface area contributed by atoms with Crippen LogP contribution in [0.1, 0.15) is 6.92 Å². The summed E-state index contributed by atoms with van der Waals surface area (Å²) in [5.74, 6) is 0.996. The monoisotopic (exact) mass is 347 g/mol. The SMILES string of the molecule is C[C@H]1OCCN[C@@H]1C(=O)Nc1ccc(Oc2ccncc2)c(Cl)c1. The van der Waals surface area contributed by atoms with Gasteiger partial charge in [-0.05, 0) is 37.3 Å². The number of carbonyl (C=O) groups is 1. The molecule has 0 radical (unpaired) electrons. The molecule has 3 rings (SSSR count). The number of amides is 1. The summed E-state index contributed by atoms with van der Waals surface area (Å²) in [7, 11) is 0. The summed E-state index contributed by atoms with van der Waals surface area (Å²) in [6.07, 6.45) is 3.10. The van der Waals surface area contributed by atoms with Gasteiger partial charge in [0.1, 0.15) is 17.5 Å². The summed E-state index contributed by atoms with van der Waals surface area (Å²) in [4.78, 5) is 16.3. The van der Waals surface area contributed by atoms with Crippen LogP contribution in [0.25, 0.3) is 0 Å². The van der Waals surface area contributed by atoms with Crippen molar-refractivity contribution in [3.05, 3.63) is 47.7 Å². The second-order valence-electron chi connectivity index (χ2n) is 5.43. The number of hydrogen-bond acceptors (Lipinski definition) is 5. The van der Waals surface area contributed by atoms with Crippen molar-refractivity contribution in [2.75, 3.05) is 18.5 Å². The standard InChI is InChI=1S/C17H18ClN3O3/c1-11-16(20-8-9-23-11)17(22)21-12-2-3-15(14(18)10-12)24-13-4-6-19-7-5-13/h2-7,10-11,16,20H,8-9H2,1H3,(H,21,22)/t11-,16+/m1/s1. The molecular weight excluding hydrogens is 330 g/mol. The maximum Gasteiger partial charge on any atom is 0.244 e. The van der Waals surface area contributed by atoms with Crippen molar-refractivity contribution in [3.63, 3.8) is 0 Å². The Morgan fingerprint density at radius 2 is 2.17 bits per heavy atom. The molecule has 1 saturated heterocycles. The molecule has 126 valence electrons. The van der Waals surface area contributed by atoms with E-state index in [2.05, 4.69) is 15.6 Å². The second kappa shape index (κ2) is 7.61. The highest BCUT2D eigenvalue weighted by atomic mass is 35.5. The average Bonchev–Trinajstić information content (AvgIpc) is 2.58. The summed E-state index contributed by atoms with van der Waals surface area (Å²) >= 11 is 6.24. The second-order valence-corrected chi connectivity index (χ2v) is 5.83. The van der Waals surface area contributed by atoms with Crippen molar-refractivity contribution in [2.24, 2.45) is 0 Å². The van der Waals surface area contributed by atoms with Crippen molar-refractivity contribution >= 4 is 23.2 Å². The van der Waals surface area contributed by atoms with Gasteiger partial charge in [0.05, 0.1) is 17.7 Å². The predicted octanol–water partition coefficient (Wildman–Crippen LogP) is 2.84. The highest BCUT2D eigenvalue weighted by Crippen LogP contribution is 2.31. The van der Waals surface area contributed by atoms with Gasteiger partial charge in [-0.15, -0.1) is 0 Å². The lowest BCUT2D eigenvalue weighted by Crippen LogP contribution is -2.53. The van der Waals surface area contributed by atoms with Crippen LogP contribution >= 0.6 is 11.6 Å². The fourth-order valence-electron chi connectivity index (χ4n) is 2.44. The Hall–Kier alpha value is -2.15. The Morgan fingerprint density at radius 1 is 1.38 bits per heavy atom. The number of pyridine rings is 1. The molecule has 1 aliphatic rings. The van der Waals surface area contributed by atoms with Crippen molar-refractivity contribution in [3.8, 4) is 11.5 Å². The molecule has 1 aromatic heterocycles. The Balaban J connectivity index is 1.67. The number of benzene rings is 1. The van der Waals surface area contributed by atoms with Crippen LogP contribution < -0.4 is 15.4 Å². The van der Waals surface area contributed by atoms with E-state index in [1.165, 1.54) is 0 Å². The third kappa shape index (κ3) is 4.03. The minimum Gasteiger partial charge on any atom is -0.456 e. The Morgan fingerprint density at radius 3 is 2.88 bits per heavy atom. The fraction of sp³-hybridized carbons (Fsp3) is 0.294. The summed E-state index contributed by atoms with van der Waals surface area (Å²) in [5.41, 5.74) is 0.603. The molecule has 2 N–H and O–H groups in total. The van der Waals surface area contributed by atoms with Gasteiger partial charge in [-0.1, -0.05) is 11.6 Å². The lowest BCUT2D eigenvalue weighted by molar-refractivity contribution is -0.123. The zero-order valence-corrected chi connectivity index (χ0v) is 13.9. The van der Waals surface area contributed by atoms with Crippen molar-refractivity contribution in [2.45, 2.75) is 19.1 Å². The molecule has 2 heterocycles.